The molecule has 3 aromatic rings. The van der Waals surface area contributed by atoms with Gasteiger partial charge in [-0.1, -0.05) is 42.5 Å². The molecule has 0 spiro atoms. The van der Waals surface area contributed by atoms with Gasteiger partial charge >= 0.3 is 11.9 Å². The maximum absolute atomic E-state index is 13.4. The summed E-state index contributed by atoms with van der Waals surface area (Å²) >= 11 is 0. The van der Waals surface area contributed by atoms with E-state index in [4.69, 9.17) is 0 Å². The lowest BCUT2D eigenvalue weighted by Crippen LogP contribution is -2.41. The second-order valence-corrected chi connectivity index (χ2v) is 10.0. The van der Waals surface area contributed by atoms with Gasteiger partial charge in [-0.2, -0.15) is 0 Å². The Kier molecular flexibility index (Phi) is 7.83. The number of aromatic hydroxyl groups is 1. The Morgan fingerprint density at radius 2 is 1.45 bits per heavy atom. The normalized spacial score (nSPS) is 14.0. The van der Waals surface area contributed by atoms with Crippen LogP contribution in [0.4, 0.5) is 5.69 Å². The minimum atomic E-state index is -0.946. The van der Waals surface area contributed by atoms with Crippen LogP contribution in [0.3, 0.4) is 0 Å². The van der Waals surface area contributed by atoms with Crippen molar-refractivity contribution in [3.05, 3.63) is 83.4 Å². The number of rotatable bonds is 11. The number of carboxylic acid groups (broad SMARTS) is 2. The van der Waals surface area contributed by atoms with Crippen molar-refractivity contribution in [2.45, 2.75) is 43.6 Å². The van der Waals surface area contributed by atoms with Crippen molar-refractivity contribution in [2.24, 2.45) is 0 Å². The number of likely N-dealkylation sites (N-methyl/N-ethyl adjacent to an activating group) is 1. The molecule has 38 heavy (non-hydrogen) atoms. The molecule has 0 unspecified atom stereocenters. The summed E-state index contributed by atoms with van der Waals surface area (Å²) in [6.45, 7) is 0. The highest BCUT2D eigenvalue weighted by Crippen LogP contribution is 2.54. The van der Waals surface area contributed by atoms with Crippen LogP contribution in [0.5, 0.6) is 5.75 Å². The van der Waals surface area contributed by atoms with E-state index in [0.29, 0.717) is 12.1 Å². The number of hydrogen-bond donors (Lipinski definition) is 4. The fourth-order valence-electron chi connectivity index (χ4n) is 5.43. The number of carbonyl (C=O) groups is 3. The lowest BCUT2D eigenvalue weighted by molar-refractivity contribution is -0.137. The number of amides is 1. The molecule has 8 heteroatoms. The van der Waals surface area contributed by atoms with Crippen LogP contribution in [0.2, 0.25) is 0 Å². The maximum Gasteiger partial charge on any atom is 0.303 e. The third-order valence-electron chi connectivity index (χ3n) is 7.36. The average molecular weight is 517 g/mol. The molecular formula is C30H32N2O6. The third-order valence-corrected chi connectivity index (χ3v) is 7.36. The highest BCUT2D eigenvalue weighted by atomic mass is 16.4. The Morgan fingerprint density at radius 1 is 0.842 bits per heavy atom. The van der Waals surface area contributed by atoms with Crippen LogP contribution in [0.15, 0.2) is 66.7 Å². The Labute approximate surface area is 221 Å². The van der Waals surface area contributed by atoms with Crippen molar-refractivity contribution in [2.75, 3.05) is 19.4 Å². The van der Waals surface area contributed by atoms with Crippen molar-refractivity contribution in [3.63, 3.8) is 0 Å². The highest BCUT2D eigenvalue weighted by molar-refractivity contribution is 5.96. The first-order valence-corrected chi connectivity index (χ1v) is 12.5. The van der Waals surface area contributed by atoms with Crippen LogP contribution < -0.4 is 5.32 Å². The van der Waals surface area contributed by atoms with Gasteiger partial charge in [-0.15, -0.1) is 0 Å². The van der Waals surface area contributed by atoms with E-state index in [1.807, 2.05) is 61.5 Å². The molecule has 198 valence electrons. The van der Waals surface area contributed by atoms with Gasteiger partial charge < -0.3 is 20.6 Å². The Balaban J connectivity index is 1.69. The van der Waals surface area contributed by atoms with Gasteiger partial charge in [0.15, 0.2) is 0 Å². The topological polar surface area (TPSA) is 127 Å². The van der Waals surface area contributed by atoms with Gasteiger partial charge in [-0.3, -0.25) is 19.3 Å². The zero-order valence-corrected chi connectivity index (χ0v) is 21.5. The summed E-state index contributed by atoms with van der Waals surface area (Å²) < 4.78 is 0. The Morgan fingerprint density at radius 3 is 2.05 bits per heavy atom. The molecule has 1 aliphatic rings. The first-order chi connectivity index (χ1) is 18.1. The molecule has 0 radical (unpaired) electrons. The second kappa shape index (κ2) is 11.1. The average Bonchev–Trinajstić information content (AvgIpc) is 3.15. The predicted octanol–water partition coefficient (Wildman–Crippen LogP) is 4.50. The van der Waals surface area contributed by atoms with Gasteiger partial charge in [0.25, 0.3) is 0 Å². The van der Waals surface area contributed by atoms with Gasteiger partial charge in [-0.05, 0) is 85.4 Å². The molecule has 0 saturated heterocycles. The SMILES string of the molecule is CN(C)[C@@H](Cc1ccc(O)cc1)C(=O)Nc1ccc2c(c1)C(CCC(=O)O)(CCC(=O)O)c1ccccc1-2. The largest absolute Gasteiger partial charge is 0.508 e. The predicted molar refractivity (Wildman–Crippen MR) is 144 cm³/mol. The van der Waals surface area contributed by atoms with Gasteiger partial charge in [0.2, 0.25) is 5.91 Å². The molecule has 0 saturated carbocycles. The molecule has 1 amide bonds. The lowest BCUT2D eigenvalue weighted by atomic mass is 9.71. The minimum absolute atomic E-state index is 0.112. The highest BCUT2D eigenvalue weighted by Gasteiger charge is 2.43. The fourth-order valence-corrected chi connectivity index (χ4v) is 5.43. The summed E-state index contributed by atoms with van der Waals surface area (Å²) in [6.07, 6.45) is 0.714. The van der Waals surface area contributed by atoms with Gasteiger partial charge in [0.1, 0.15) is 5.75 Å². The number of carbonyl (C=O) groups excluding carboxylic acids is 1. The molecule has 1 atom stereocenters. The quantitative estimate of drug-likeness (QED) is 0.296. The summed E-state index contributed by atoms with van der Waals surface area (Å²) in [5.74, 6) is -1.94. The molecule has 0 bridgehead atoms. The maximum atomic E-state index is 13.4. The second-order valence-electron chi connectivity index (χ2n) is 10.0. The van der Waals surface area contributed by atoms with Crippen molar-refractivity contribution in [1.82, 2.24) is 4.90 Å². The van der Waals surface area contributed by atoms with Crippen molar-refractivity contribution in [1.29, 1.82) is 0 Å². The molecule has 4 rings (SSSR count). The van der Waals surface area contributed by atoms with Crippen molar-refractivity contribution < 1.29 is 29.7 Å². The summed E-state index contributed by atoms with van der Waals surface area (Å²) in [7, 11) is 3.65. The summed E-state index contributed by atoms with van der Waals surface area (Å²) in [5, 5.41) is 31.6. The van der Waals surface area contributed by atoms with Crippen LogP contribution in [0, 0.1) is 0 Å². The molecule has 1 aliphatic carbocycles. The number of nitrogens with zero attached hydrogens (tertiary/aromatic N) is 1. The summed E-state index contributed by atoms with van der Waals surface area (Å²) in [6, 6.07) is 19.6. The van der Waals surface area contributed by atoms with E-state index in [-0.39, 0.29) is 37.3 Å². The third kappa shape index (κ3) is 5.55. The van der Waals surface area contributed by atoms with Crippen LogP contribution >= 0.6 is 0 Å². The standard InChI is InChI=1S/C30H32N2O6/c1-32(2)26(17-19-7-10-21(33)11-8-19)29(38)31-20-9-12-23-22-5-3-4-6-24(22)30(25(23)18-20,15-13-27(34)35)16-14-28(36)37/h3-12,18,26,33H,13-17H2,1-2H3,(H,31,38)(H,34,35)(H,36,37)/t26-/m0/s1. The monoisotopic (exact) mass is 516 g/mol. The van der Waals surface area contributed by atoms with E-state index in [2.05, 4.69) is 5.32 Å². The first kappa shape index (κ1) is 26.9. The summed E-state index contributed by atoms with van der Waals surface area (Å²) in [4.78, 5) is 38.4. The number of phenolic OH excluding ortho intramolecular Hbond substituents is 1. The van der Waals surface area contributed by atoms with Crippen LogP contribution in [-0.4, -0.2) is 58.2 Å². The number of benzene rings is 3. The first-order valence-electron chi connectivity index (χ1n) is 12.5. The zero-order valence-electron chi connectivity index (χ0n) is 21.5. The van der Waals surface area contributed by atoms with Crippen LogP contribution in [0.25, 0.3) is 11.1 Å². The van der Waals surface area contributed by atoms with E-state index in [1.54, 1.807) is 24.3 Å². The van der Waals surface area contributed by atoms with Gasteiger partial charge in [0.05, 0.1) is 6.04 Å². The molecular weight excluding hydrogens is 484 g/mol. The van der Waals surface area contributed by atoms with Gasteiger partial charge in [0, 0.05) is 23.9 Å². The number of nitrogens with one attached hydrogen (secondary N) is 1. The molecule has 0 heterocycles. The molecule has 3 aromatic carbocycles. The lowest BCUT2D eigenvalue weighted by Gasteiger charge is -2.32. The van der Waals surface area contributed by atoms with Crippen molar-refractivity contribution in [3.8, 4) is 16.9 Å². The number of aliphatic carboxylic acids is 2. The number of fused-ring (bicyclic) bond motifs is 3. The smallest absolute Gasteiger partial charge is 0.303 e. The zero-order chi connectivity index (χ0) is 27.4. The number of carboxylic acids is 2. The van der Waals surface area contributed by atoms with E-state index in [1.165, 1.54) is 0 Å². The van der Waals surface area contributed by atoms with Gasteiger partial charge in [-0.25, -0.2) is 0 Å². The van der Waals surface area contributed by atoms with E-state index < -0.39 is 23.4 Å². The van der Waals surface area contributed by atoms with Crippen LogP contribution in [-0.2, 0) is 26.2 Å². The van der Waals surface area contributed by atoms with Crippen molar-refractivity contribution >= 4 is 23.5 Å². The minimum Gasteiger partial charge on any atom is -0.508 e. The number of hydrogen-bond acceptors (Lipinski definition) is 5. The van der Waals surface area contributed by atoms with Crippen LogP contribution in [0.1, 0.15) is 42.4 Å². The van der Waals surface area contributed by atoms with E-state index >= 15 is 0 Å². The van der Waals surface area contributed by atoms with E-state index in [0.717, 1.165) is 27.8 Å². The number of anilines is 1. The fraction of sp³-hybridized carbons (Fsp3) is 0.300. The summed E-state index contributed by atoms with van der Waals surface area (Å²) in [5.41, 5.74) is 4.29. The molecule has 4 N–H and O–H groups in total. The molecule has 0 aliphatic heterocycles. The molecule has 8 nitrogen and oxygen atoms in total. The Hall–Kier alpha value is -4.17. The number of phenols is 1. The molecule has 0 fully saturated rings. The Bertz CT molecular complexity index is 1330. The van der Waals surface area contributed by atoms with E-state index in [9.17, 15) is 29.7 Å². The molecule has 0 aromatic heterocycles.